The lowest BCUT2D eigenvalue weighted by atomic mass is 10.0. The third kappa shape index (κ3) is 21.3. The van der Waals surface area contributed by atoms with E-state index in [2.05, 4.69) is 47.9 Å². The Labute approximate surface area is 428 Å². The molecule has 2 saturated heterocycles. The van der Waals surface area contributed by atoms with Crippen molar-refractivity contribution in [3.63, 3.8) is 0 Å². The number of nitrogens with one attached hydrogen (secondary N) is 9. The van der Waals surface area contributed by atoms with Crippen molar-refractivity contribution in [1.82, 2.24) is 52.8 Å². The van der Waals surface area contributed by atoms with E-state index >= 15 is 0 Å². The molecule has 0 aromatic heterocycles. The summed E-state index contributed by atoms with van der Waals surface area (Å²) >= 11 is 0. The lowest BCUT2D eigenvalue weighted by Crippen LogP contribution is -2.60. The number of nitrogens with two attached hydrogens (primary N) is 2. The third-order valence-electron chi connectivity index (χ3n) is 12.2. The quantitative estimate of drug-likeness (QED) is 0.0237. The van der Waals surface area contributed by atoms with Gasteiger partial charge in [0, 0.05) is 32.0 Å². The molecule has 27 heteroatoms. The molecule has 2 aliphatic rings. The molecule has 1 unspecified atom stereocenters. The molecular weight excluding hydrogens is 973 g/mol. The molecule has 27 nitrogen and oxygen atoms in total. The normalized spacial score (nSPS) is 19.1. The number of carboxylic acid groups (broad SMARTS) is 2. The number of β-amino-alcohol motifs (C(OH)–C–C–N with tert-alkyl or cyclic N) is 1. The SMILES string of the molecule is CC(C)C[C@H](NC(=O)[C@H](Cc1ccccc1)NC(=O)[C@H](CC(=O)O)NC(=O)[C@H](CCC(N)=O)NC(=O)CNC(O)[C@@H]1C[C@@H](O)CN1)C(=O)N[C@@H](C)C(=O)NCC(=O)N1CCC[C@H]1C(=O)N[C@@H](CCCCN)C(=O)O. The number of rotatable bonds is 32. The van der Waals surface area contributed by atoms with E-state index < -0.39 is 152 Å². The Morgan fingerprint density at radius 2 is 1.39 bits per heavy atom. The number of benzene rings is 1. The second-order valence-corrected chi connectivity index (χ2v) is 18.8. The standard InChI is InChI=1S/C47H74N12O15/c1-25(2)18-32(43(69)53-26(3)40(66)52-24-38(63)59-17-9-13-35(59)46(72)55-30(47(73)74)12-7-8-16-48)56-44(70)33(19-27-10-5-4-6-11-27)57-45(71)34(21-39(64)65)58-42(68)29(14-15-36(49)61)54-37(62)23-51-41(67)31-20-28(60)22-50-31/h4-6,10-11,25-26,28-35,41,50-51,60,67H,7-9,12-24,48H2,1-3H3,(H2,49,61)(H,52,66)(H,53,69)(H,54,62)(H,55,72)(H,56,70)(H,57,71)(H,58,68)(H,64,65)(H,73,74)/t26-,28+,29-,30-,31-,32-,33-,34-,35-,41?/m0/s1. The lowest BCUT2D eigenvalue weighted by Gasteiger charge is -2.27. The van der Waals surface area contributed by atoms with E-state index in [4.69, 9.17) is 11.5 Å². The van der Waals surface area contributed by atoms with Gasteiger partial charge in [0.05, 0.1) is 25.6 Å². The van der Waals surface area contributed by atoms with E-state index in [0.717, 1.165) is 0 Å². The molecule has 74 heavy (non-hydrogen) atoms. The van der Waals surface area contributed by atoms with Gasteiger partial charge in [-0.25, -0.2) is 4.79 Å². The molecule has 0 bridgehead atoms. The Hall–Kier alpha value is -6.81. The summed E-state index contributed by atoms with van der Waals surface area (Å²) in [7, 11) is 0. The lowest BCUT2D eigenvalue weighted by molar-refractivity contribution is -0.144. The Morgan fingerprint density at radius 3 is 2.00 bits per heavy atom. The highest BCUT2D eigenvalue weighted by molar-refractivity contribution is 5.98. The Kier molecular flexibility index (Phi) is 25.8. The Morgan fingerprint density at radius 1 is 0.757 bits per heavy atom. The molecule has 3 rings (SSSR count). The second kappa shape index (κ2) is 31.0. The summed E-state index contributed by atoms with van der Waals surface area (Å²) in [6.45, 7) is 4.51. The smallest absolute Gasteiger partial charge is 0.326 e. The predicted molar refractivity (Wildman–Crippen MR) is 262 cm³/mol. The van der Waals surface area contributed by atoms with Gasteiger partial charge in [0.15, 0.2) is 0 Å². The van der Waals surface area contributed by atoms with Crippen molar-refractivity contribution < 1.29 is 73.2 Å². The summed E-state index contributed by atoms with van der Waals surface area (Å²) in [6.07, 6.45) is -1.85. The summed E-state index contributed by atoms with van der Waals surface area (Å²) in [6, 6.07) is -1.94. The van der Waals surface area contributed by atoms with Crippen LogP contribution >= 0.6 is 0 Å². The zero-order valence-corrected chi connectivity index (χ0v) is 41.9. The molecule has 0 radical (unpaired) electrons. The fourth-order valence-electron chi connectivity index (χ4n) is 8.24. The number of amides is 9. The predicted octanol–water partition coefficient (Wildman–Crippen LogP) is -5.10. The van der Waals surface area contributed by atoms with Crippen LogP contribution in [-0.2, 0) is 59.2 Å². The maximum absolute atomic E-state index is 14.2. The molecule has 2 heterocycles. The van der Waals surface area contributed by atoms with Gasteiger partial charge in [-0.05, 0) is 76.3 Å². The van der Waals surface area contributed by atoms with Crippen LogP contribution in [0.4, 0.5) is 0 Å². The van der Waals surface area contributed by atoms with Gasteiger partial charge in [-0.3, -0.25) is 53.3 Å². The van der Waals surface area contributed by atoms with Gasteiger partial charge in [0.2, 0.25) is 53.2 Å². The molecule has 17 N–H and O–H groups in total. The summed E-state index contributed by atoms with van der Waals surface area (Å²) in [5, 5.41) is 62.1. The molecule has 0 saturated carbocycles. The van der Waals surface area contributed by atoms with Crippen molar-refractivity contribution in [2.75, 3.05) is 32.7 Å². The molecule has 0 aliphatic carbocycles. The number of carbonyl (C=O) groups is 11. The average molecular weight is 1050 g/mol. The minimum absolute atomic E-state index is 0.0236. The zero-order valence-electron chi connectivity index (χ0n) is 41.9. The van der Waals surface area contributed by atoms with Crippen LogP contribution in [0, 0.1) is 5.92 Å². The van der Waals surface area contributed by atoms with Crippen LogP contribution in [0.15, 0.2) is 30.3 Å². The number of carbonyl (C=O) groups excluding carboxylic acids is 9. The minimum atomic E-state index is -1.87. The van der Waals surface area contributed by atoms with Crippen molar-refractivity contribution in [2.24, 2.45) is 17.4 Å². The van der Waals surface area contributed by atoms with Crippen LogP contribution in [0.3, 0.4) is 0 Å². The molecule has 1 aromatic carbocycles. The van der Waals surface area contributed by atoms with Crippen molar-refractivity contribution in [2.45, 2.75) is 152 Å². The number of unbranched alkanes of at least 4 members (excludes halogenated alkanes) is 1. The van der Waals surface area contributed by atoms with E-state index in [9.17, 15) is 73.2 Å². The topological polar surface area (TPSA) is 432 Å². The van der Waals surface area contributed by atoms with Crippen LogP contribution in [-0.4, -0.2) is 184 Å². The van der Waals surface area contributed by atoms with E-state index in [0.29, 0.717) is 31.4 Å². The van der Waals surface area contributed by atoms with Gasteiger partial charge < -0.3 is 79.3 Å². The maximum atomic E-state index is 14.2. The maximum Gasteiger partial charge on any atom is 0.326 e. The first-order valence-electron chi connectivity index (χ1n) is 24.7. The fourth-order valence-corrected chi connectivity index (χ4v) is 8.24. The molecule has 10 atom stereocenters. The average Bonchev–Trinajstić information content (AvgIpc) is 4.02. The molecule has 2 aliphatic heterocycles. The third-order valence-corrected chi connectivity index (χ3v) is 12.2. The van der Waals surface area contributed by atoms with Crippen molar-refractivity contribution in [1.29, 1.82) is 0 Å². The van der Waals surface area contributed by atoms with Crippen molar-refractivity contribution in [3.05, 3.63) is 35.9 Å². The van der Waals surface area contributed by atoms with Gasteiger partial charge in [-0.1, -0.05) is 44.2 Å². The second-order valence-electron chi connectivity index (χ2n) is 18.8. The Bertz CT molecular complexity index is 2120. The molecule has 1 aromatic rings. The minimum Gasteiger partial charge on any atom is -0.481 e. The molecule has 412 valence electrons. The van der Waals surface area contributed by atoms with Gasteiger partial charge >= 0.3 is 11.9 Å². The van der Waals surface area contributed by atoms with Gasteiger partial charge in [0.25, 0.3) is 0 Å². The van der Waals surface area contributed by atoms with Gasteiger partial charge in [-0.15, -0.1) is 0 Å². The molecule has 2 fully saturated rings. The first-order valence-corrected chi connectivity index (χ1v) is 24.7. The highest BCUT2D eigenvalue weighted by atomic mass is 16.4. The number of aliphatic carboxylic acids is 2. The monoisotopic (exact) mass is 1050 g/mol. The number of likely N-dealkylation sites (tertiary alicyclic amines) is 1. The fraction of sp³-hybridized carbons (Fsp3) is 0.638. The zero-order chi connectivity index (χ0) is 55.1. The highest BCUT2D eigenvalue weighted by Gasteiger charge is 2.37. The van der Waals surface area contributed by atoms with Crippen LogP contribution in [0.1, 0.15) is 90.5 Å². The largest absolute Gasteiger partial charge is 0.481 e. The summed E-state index contributed by atoms with van der Waals surface area (Å²) < 4.78 is 0. The van der Waals surface area contributed by atoms with Gasteiger partial charge in [-0.2, -0.15) is 0 Å². The number of aliphatic hydroxyl groups is 2. The Balaban J connectivity index is 1.71. The van der Waals surface area contributed by atoms with Crippen LogP contribution in [0.25, 0.3) is 0 Å². The number of hydrogen-bond donors (Lipinski definition) is 15. The molecule has 9 amide bonds. The summed E-state index contributed by atoms with van der Waals surface area (Å²) in [5.74, 6) is -10.7. The van der Waals surface area contributed by atoms with E-state index in [1.54, 1.807) is 44.2 Å². The molecular formula is C47H74N12O15. The van der Waals surface area contributed by atoms with E-state index in [-0.39, 0.29) is 57.5 Å². The van der Waals surface area contributed by atoms with Crippen molar-refractivity contribution in [3.8, 4) is 0 Å². The van der Waals surface area contributed by atoms with Crippen LogP contribution < -0.4 is 59.3 Å². The summed E-state index contributed by atoms with van der Waals surface area (Å²) in [4.78, 5) is 145. The first-order chi connectivity index (χ1) is 35.0. The van der Waals surface area contributed by atoms with Gasteiger partial charge in [0.1, 0.15) is 48.5 Å². The number of nitrogens with zero attached hydrogens (tertiary/aromatic N) is 1. The number of carboxylic acids is 2. The van der Waals surface area contributed by atoms with Crippen LogP contribution in [0.5, 0.6) is 0 Å². The van der Waals surface area contributed by atoms with Crippen molar-refractivity contribution >= 4 is 65.1 Å². The first kappa shape index (κ1) is 61.5. The van der Waals surface area contributed by atoms with Crippen LogP contribution in [0.2, 0.25) is 0 Å². The van der Waals surface area contributed by atoms with E-state index in [1.807, 2.05) is 0 Å². The summed E-state index contributed by atoms with van der Waals surface area (Å²) in [5.41, 5.74) is 11.3. The number of hydrogen-bond acceptors (Lipinski definition) is 16. The molecule has 0 spiro atoms. The number of aliphatic hydroxyl groups excluding tert-OH is 2. The van der Waals surface area contributed by atoms with E-state index in [1.165, 1.54) is 11.8 Å². The number of primary amides is 1. The highest BCUT2D eigenvalue weighted by Crippen LogP contribution is 2.18.